The fraction of sp³-hybridized carbons (Fsp3) is 0.250. The number of anilines is 1. The molecule has 16 heavy (non-hydrogen) atoms. The van der Waals surface area contributed by atoms with Crippen molar-refractivity contribution >= 4 is 18.1 Å². The van der Waals surface area contributed by atoms with Gasteiger partial charge in [-0.05, 0) is 18.2 Å². The number of alkyl halides is 6. The van der Waals surface area contributed by atoms with Crippen molar-refractivity contribution < 1.29 is 26.3 Å². The van der Waals surface area contributed by atoms with Gasteiger partial charge < -0.3 is 5.73 Å². The van der Waals surface area contributed by atoms with Crippen molar-refractivity contribution in [3.05, 3.63) is 29.3 Å². The Morgan fingerprint density at radius 3 is 1.31 bits per heavy atom. The number of nitrogens with two attached hydrogens (primary N) is 1. The van der Waals surface area contributed by atoms with E-state index in [0.717, 1.165) is 0 Å². The summed E-state index contributed by atoms with van der Waals surface area (Å²) in [5.41, 5.74) is 1.57. The van der Waals surface area contributed by atoms with Crippen LogP contribution in [0.3, 0.4) is 0 Å². The first kappa shape index (κ1) is 14.9. The average molecular weight is 266 g/mol. The standard InChI is InChI=1S/C8H5F6N.ClH/c9-7(10,11)4-1-5(8(12,13)14)3-6(15)2-4;/h1-3H,15H2;1H. The van der Waals surface area contributed by atoms with Crippen LogP contribution in [0.5, 0.6) is 0 Å². The van der Waals surface area contributed by atoms with Crippen LogP contribution in [-0.4, -0.2) is 0 Å². The highest BCUT2D eigenvalue weighted by molar-refractivity contribution is 5.85. The van der Waals surface area contributed by atoms with Crippen molar-refractivity contribution in [2.75, 3.05) is 5.73 Å². The predicted octanol–water partition coefficient (Wildman–Crippen LogP) is 3.73. The van der Waals surface area contributed by atoms with Crippen LogP contribution in [0, 0.1) is 0 Å². The maximum atomic E-state index is 12.1. The average Bonchev–Trinajstić information content (AvgIpc) is 1.99. The van der Waals surface area contributed by atoms with Gasteiger partial charge in [-0.1, -0.05) is 0 Å². The molecule has 0 fully saturated rings. The zero-order chi connectivity index (χ0) is 11.9. The first-order valence-corrected chi connectivity index (χ1v) is 3.65. The van der Waals surface area contributed by atoms with Gasteiger partial charge in [0, 0.05) is 5.69 Å². The van der Waals surface area contributed by atoms with Crippen molar-refractivity contribution in [2.24, 2.45) is 0 Å². The van der Waals surface area contributed by atoms with Gasteiger partial charge in [-0.3, -0.25) is 0 Å². The zero-order valence-electron chi connectivity index (χ0n) is 7.49. The summed E-state index contributed by atoms with van der Waals surface area (Å²) in [5.74, 6) is 0. The van der Waals surface area contributed by atoms with Gasteiger partial charge in [-0.25, -0.2) is 0 Å². The van der Waals surface area contributed by atoms with Crippen LogP contribution >= 0.6 is 12.4 Å². The molecule has 0 aliphatic heterocycles. The second kappa shape index (κ2) is 4.40. The second-order valence-corrected chi connectivity index (χ2v) is 2.84. The van der Waals surface area contributed by atoms with Crippen LogP contribution in [-0.2, 0) is 12.4 Å². The fourth-order valence-corrected chi connectivity index (χ4v) is 0.979. The number of rotatable bonds is 0. The molecule has 92 valence electrons. The molecule has 0 unspecified atom stereocenters. The van der Waals surface area contributed by atoms with E-state index in [9.17, 15) is 26.3 Å². The molecule has 0 bridgehead atoms. The first-order chi connectivity index (χ1) is 6.60. The number of halogens is 7. The lowest BCUT2D eigenvalue weighted by molar-refractivity contribution is -0.143. The molecule has 0 saturated carbocycles. The van der Waals surface area contributed by atoms with Crippen LogP contribution in [0.4, 0.5) is 32.0 Å². The van der Waals surface area contributed by atoms with Crippen molar-refractivity contribution in [3.63, 3.8) is 0 Å². The minimum Gasteiger partial charge on any atom is -0.399 e. The van der Waals surface area contributed by atoms with E-state index in [1.54, 1.807) is 0 Å². The normalized spacial score (nSPS) is 12.1. The Kier molecular flexibility index (Phi) is 4.10. The number of hydrogen-bond donors (Lipinski definition) is 1. The molecule has 0 amide bonds. The molecule has 8 heteroatoms. The monoisotopic (exact) mass is 265 g/mol. The Bertz CT molecular complexity index is 338. The Balaban J connectivity index is 0.00000225. The summed E-state index contributed by atoms with van der Waals surface area (Å²) in [6.07, 6.45) is -9.68. The maximum Gasteiger partial charge on any atom is 0.416 e. The second-order valence-electron chi connectivity index (χ2n) is 2.84. The third-order valence-corrected chi connectivity index (χ3v) is 1.61. The molecule has 0 radical (unpaired) electrons. The van der Waals surface area contributed by atoms with E-state index in [1.807, 2.05) is 0 Å². The summed E-state index contributed by atoms with van der Waals surface area (Å²) in [6.45, 7) is 0. The molecule has 0 aromatic heterocycles. The predicted molar refractivity (Wildman–Crippen MR) is 48.1 cm³/mol. The Labute approximate surface area is 92.6 Å². The van der Waals surface area contributed by atoms with E-state index >= 15 is 0 Å². The summed E-state index contributed by atoms with van der Waals surface area (Å²) in [6, 6.07) is 0.931. The lowest BCUT2D eigenvalue weighted by Gasteiger charge is -2.12. The Hall–Kier alpha value is -1.11. The van der Waals surface area contributed by atoms with E-state index in [2.05, 4.69) is 0 Å². The lowest BCUT2D eigenvalue weighted by atomic mass is 10.1. The van der Waals surface area contributed by atoms with Crippen LogP contribution in [0.2, 0.25) is 0 Å². The number of hydrogen-bond acceptors (Lipinski definition) is 1. The highest BCUT2D eigenvalue weighted by Gasteiger charge is 2.36. The molecule has 1 nitrogen and oxygen atoms in total. The van der Waals surface area contributed by atoms with Crippen molar-refractivity contribution in [3.8, 4) is 0 Å². The van der Waals surface area contributed by atoms with Gasteiger partial charge in [-0.15, -0.1) is 12.4 Å². The molecule has 0 heterocycles. The van der Waals surface area contributed by atoms with Crippen molar-refractivity contribution in [1.29, 1.82) is 0 Å². The summed E-state index contributed by atoms with van der Waals surface area (Å²) >= 11 is 0. The first-order valence-electron chi connectivity index (χ1n) is 3.65. The third-order valence-electron chi connectivity index (χ3n) is 1.61. The molecular weight excluding hydrogens is 260 g/mol. The SMILES string of the molecule is Cl.Nc1cc(C(F)(F)F)cc(C(F)(F)F)c1. The highest BCUT2D eigenvalue weighted by atomic mass is 35.5. The van der Waals surface area contributed by atoms with Gasteiger partial charge in [0.25, 0.3) is 0 Å². The molecular formula is C8H6ClF6N. The number of benzene rings is 1. The molecule has 1 rings (SSSR count). The molecule has 0 atom stereocenters. The van der Waals surface area contributed by atoms with Gasteiger partial charge in [-0.2, -0.15) is 26.3 Å². The largest absolute Gasteiger partial charge is 0.416 e. The van der Waals surface area contributed by atoms with Gasteiger partial charge in [0.15, 0.2) is 0 Å². The van der Waals surface area contributed by atoms with Gasteiger partial charge in [0.05, 0.1) is 11.1 Å². The minimum absolute atomic E-state index is 0. The number of nitrogen functional groups attached to an aromatic ring is 1. The highest BCUT2D eigenvalue weighted by Crippen LogP contribution is 2.36. The van der Waals surface area contributed by atoms with E-state index in [1.165, 1.54) is 0 Å². The lowest BCUT2D eigenvalue weighted by Crippen LogP contribution is -2.11. The summed E-state index contributed by atoms with van der Waals surface area (Å²) < 4.78 is 72.7. The summed E-state index contributed by atoms with van der Waals surface area (Å²) in [5, 5.41) is 0. The van der Waals surface area contributed by atoms with Crippen LogP contribution < -0.4 is 5.73 Å². The van der Waals surface area contributed by atoms with Crippen LogP contribution in [0.1, 0.15) is 11.1 Å². The van der Waals surface area contributed by atoms with Gasteiger partial charge in [0.1, 0.15) is 0 Å². The molecule has 0 aliphatic carbocycles. The summed E-state index contributed by atoms with van der Waals surface area (Å²) in [4.78, 5) is 0. The molecule has 0 spiro atoms. The minimum atomic E-state index is -4.84. The Morgan fingerprint density at radius 1 is 0.750 bits per heavy atom. The fourth-order valence-electron chi connectivity index (χ4n) is 0.979. The smallest absolute Gasteiger partial charge is 0.399 e. The topological polar surface area (TPSA) is 26.0 Å². The Morgan fingerprint density at radius 2 is 1.06 bits per heavy atom. The quantitative estimate of drug-likeness (QED) is 0.561. The third kappa shape index (κ3) is 3.48. The molecule has 1 aromatic rings. The molecule has 2 N–H and O–H groups in total. The van der Waals surface area contributed by atoms with Crippen LogP contribution in [0.25, 0.3) is 0 Å². The van der Waals surface area contributed by atoms with E-state index in [4.69, 9.17) is 5.73 Å². The molecule has 0 aliphatic rings. The van der Waals surface area contributed by atoms with Crippen molar-refractivity contribution in [1.82, 2.24) is 0 Å². The van der Waals surface area contributed by atoms with Gasteiger partial charge in [0.2, 0.25) is 0 Å². The van der Waals surface area contributed by atoms with E-state index in [0.29, 0.717) is 12.1 Å². The van der Waals surface area contributed by atoms with Gasteiger partial charge >= 0.3 is 12.4 Å². The molecule has 1 aromatic carbocycles. The van der Waals surface area contributed by atoms with Crippen molar-refractivity contribution in [2.45, 2.75) is 12.4 Å². The zero-order valence-corrected chi connectivity index (χ0v) is 8.30. The van der Waals surface area contributed by atoms with E-state index in [-0.39, 0.29) is 18.5 Å². The summed E-state index contributed by atoms with van der Waals surface area (Å²) in [7, 11) is 0. The molecule has 0 saturated heterocycles. The van der Waals surface area contributed by atoms with E-state index < -0.39 is 29.2 Å². The maximum absolute atomic E-state index is 12.1. The van der Waals surface area contributed by atoms with Crippen LogP contribution in [0.15, 0.2) is 18.2 Å².